The second-order valence-corrected chi connectivity index (χ2v) is 6.24. The van der Waals surface area contributed by atoms with E-state index in [-0.39, 0.29) is 0 Å². The van der Waals surface area contributed by atoms with Gasteiger partial charge >= 0.3 is 0 Å². The van der Waals surface area contributed by atoms with Crippen molar-refractivity contribution in [3.05, 3.63) is 28.8 Å². The molecular formula is C15H22ClNO2. The highest BCUT2D eigenvalue weighted by Gasteiger charge is 2.20. The first kappa shape index (κ1) is 14.6. The molecule has 2 N–H and O–H groups in total. The van der Waals surface area contributed by atoms with Crippen molar-refractivity contribution < 1.29 is 9.84 Å². The zero-order valence-corrected chi connectivity index (χ0v) is 12.3. The molecule has 0 unspecified atom stereocenters. The van der Waals surface area contributed by atoms with E-state index in [1.165, 1.54) is 18.4 Å². The van der Waals surface area contributed by atoms with Crippen molar-refractivity contribution in [3.8, 4) is 5.75 Å². The first-order valence-corrected chi connectivity index (χ1v) is 7.19. The number of nitrogens with one attached hydrogen (secondary N) is 1. The van der Waals surface area contributed by atoms with E-state index in [4.69, 9.17) is 16.3 Å². The minimum absolute atomic E-state index is 0.461. The number of hydrogen-bond acceptors (Lipinski definition) is 3. The first-order valence-electron chi connectivity index (χ1n) is 6.81. The van der Waals surface area contributed by atoms with Crippen LogP contribution in [-0.4, -0.2) is 23.4 Å². The Morgan fingerprint density at radius 1 is 1.42 bits per heavy atom. The summed E-state index contributed by atoms with van der Waals surface area (Å²) in [7, 11) is 0. The van der Waals surface area contributed by atoms with Gasteiger partial charge < -0.3 is 15.2 Å². The number of rotatable bonds is 7. The van der Waals surface area contributed by atoms with Gasteiger partial charge in [-0.1, -0.05) is 17.7 Å². The molecule has 0 spiro atoms. The zero-order valence-electron chi connectivity index (χ0n) is 11.6. The normalized spacial score (nSPS) is 15.6. The Morgan fingerprint density at radius 3 is 2.74 bits per heavy atom. The molecule has 1 aromatic rings. The summed E-state index contributed by atoms with van der Waals surface area (Å²) >= 11 is 6.20. The van der Waals surface area contributed by atoms with E-state index < -0.39 is 5.60 Å². The van der Waals surface area contributed by atoms with Gasteiger partial charge in [0.25, 0.3) is 0 Å². The minimum Gasteiger partial charge on any atom is -0.492 e. The van der Waals surface area contributed by atoms with Gasteiger partial charge in [-0.05, 0) is 44.4 Å². The van der Waals surface area contributed by atoms with Crippen molar-refractivity contribution in [1.29, 1.82) is 0 Å². The molecule has 1 saturated carbocycles. The second-order valence-electron chi connectivity index (χ2n) is 5.83. The maximum Gasteiger partial charge on any atom is 0.137 e. The van der Waals surface area contributed by atoms with Gasteiger partial charge in [-0.2, -0.15) is 0 Å². The van der Waals surface area contributed by atoms with Crippen molar-refractivity contribution in [3.63, 3.8) is 0 Å². The fourth-order valence-electron chi connectivity index (χ4n) is 1.73. The Hall–Kier alpha value is -0.770. The standard InChI is InChI=1S/C15H22ClNO2/c1-15(2,18)7-8-19-14-6-3-11(9-13(14)16)10-17-12-4-5-12/h3,6,9,12,17-18H,4-5,7-8,10H2,1-2H3. The molecule has 0 bridgehead atoms. The Kier molecular flexibility index (Phi) is 4.71. The molecule has 19 heavy (non-hydrogen) atoms. The fourth-order valence-corrected chi connectivity index (χ4v) is 1.99. The van der Waals surface area contributed by atoms with Crippen LogP contribution >= 0.6 is 11.6 Å². The lowest BCUT2D eigenvalue weighted by Gasteiger charge is -2.17. The Morgan fingerprint density at radius 2 is 2.16 bits per heavy atom. The van der Waals surface area contributed by atoms with Crippen molar-refractivity contribution in [1.82, 2.24) is 5.32 Å². The molecule has 4 heteroatoms. The van der Waals surface area contributed by atoms with Gasteiger partial charge in [-0.3, -0.25) is 0 Å². The Bertz CT molecular complexity index is 425. The third-order valence-electron chi connectivity index (χ3n) is 3.14. The van der Waals surface area contributed by atoms with Crippen molar-refractivity contribution in [2.45, 2.75) is 51.3 Å². The van der Waals surface area contributed by atoms with E-state index in [0.717, 1.165) is 6.54 Å². The van der Waals surface area contributed by atoms with Crippen LogP contribution in [0, 0.1) is 0 Å². The van der Waals surface area contributed by atoms with E-state index in [9.17, 15) is 5.11 Å². The van der Waals surface area contributed by atoms with Gasteiger partial charge in [0, 0.05) is 19.0 Å². The first-order chi connectivity index (χ1) is 8.94. The zero-order chi connectivity index (χ0) is 13.9. The number of ether oxygens (including phenoxy) is 1. The molecule has 0 aliphatic heterocycles. The largest absolute Gasteiger partial charge is 0.492 e. The average molecular weight is 284 g/mol. The smallest absolute Gasteiger partial charge is 0.137 e. The second kappa shape index (κ2) is 6.12. The van der Waals surface area contributed by atoms with Gasteiger partial charge in [0.15, 0.2) is 0 Å². The van der Waals surface area contributed by atoms with Crippen molar-refractivity contribution >= 4 is 11.6 Å². The number of aliphatic hydroxyl groups is 1. The highest BCUT2D eigenvalue weighted by molar-refractivity contribution is 6.32. The van der Waals surface area contributed by atoms with Gasteiger partial charge in [0.1, 0.15) is 5.75 Å². The molecule has 0 saturated heterocycles. The van der Waals surface area contributed by atoms with Crippen LogP contribution in [0.15, 0.2) is 18.2 Å². The highest BCUT2D eigenvalue weighted by Crippen LogP contribution is 2.27. The molecule has 0 heterocycles. The van der Waals surface area contributed by atoms with Gasteiger partial charge in [-0.15, -0.1) is 0 Å². The molecule has 0 radical (unpaired) electrons. The van der Waals surface area contributed by atoms with Gasteiger partial charge in [0.05, 0.1) is 17.2 Å². The summed E-state index contributed by atoms with van der Waals surface area (Å²) < 4.78 is 5.59. The molecule has 1 aromatic carbocycles. The fraction of sp³-hybridized carbons (Fsp3) is 0.600. The Balaban J connectivity index is 1.83. The lowest BCUT2D eigenvalue weighted by Crippen LogP contribution is -2.21. The molecule has 1 aliphatic rings. The SMILES string of the molecule is CC(C)(O)CCOc1ccc(CNC2CC2)cc1Cl. The quantitative estimate of drug-likeness (QED) is 0.808. The average Bonchev–Trinajstić information content (AvgIpc) is 3.11. The predicted molar refractivity (Wildman–Crippen MR) is 77.7 cm³/mol. The highest BCUT2D eigenvalue weighted by atomic mass is 35.5. The molecule has 1 fully saturated rings. The van der Waals surface area contributed by atoms with Crippen molar-refractivity contribution in [2.75, 3.05) is 6.61 Å². The van der Waals surface area contributed by atoms with E-state index in [2.05, 4.69) is 5.32 Å². The molecule has 106 valence electrons. The molecule has 3 nitrogen and oxygen atoms in total. The lowest BCUT2D eigenvalue weighted by atomic mass is 10.1. The van der Waals surface area contributed by atoms with Crippen LogP contribution in [0.4, 0.5) is 0 Å². The molecule has 0 atom stereocenters. The van der Waals surface area contributed by atoms with Crippen LogP contribution in [-0.2, 0) is 6.54 Å². The maximum atomic E-state index is 9.62. The van der Waals surface area contributed by atoms with Crippen LogP contribution in [0.3, 0.4) is 0 Å². The van der Waals surface area contributed by atoms with E-state index in [0.29, 0.717) is 29.8 Å². The molecule has 0 aromatic heterocycles. The Labute approximate surface area is 119 Å². The third kappa shape index (κ3) is 5.39. The summed E-state index contributed by atoms with van der Waals surface area (Å²) in [4.78, 5) is 0. The molecule has 1 aliphatic carbocycles. The summed E-state index contributed by atoms with van der Waals surface area (Å²) in [6.07, 6.45) is 3.14. The summed E-state index contributed by atoms with van der Waals surface area (Å²) in [6, 6.07) is 6.56. The maximum absolute atomic E-state index is 9.62. The summed E-state index contributed by atoms with van der Waals surface area (Å²) in [5.41, 5.74) is 0.465. The van der Waals surface area contributed by atoms with E-state index in [1.54, 1.807) is 13.8 Å². The minimum atomic E-state index is -0.708. The number of halogens is 1. The number of benzene rings is 1. The lowest BCUT2D eigenvalue weighted by molar-refractivity contribution is 0.0553. The topological polar surface area (TPSA) is 41.5 Å². The third-order valence-corrected chi connectivity index (χ3v) is 3.44. The summed E-state index contributed by atoms with van der Waals surface area (Å²) in [5.74, 6) is 0.682. The van der Waals surface area contributed by atoms with Crippen LogP contribution in [0.2, 0.25) is 5.02 Å². The monoisotopic (exact) mass is 283 g/mol. The van der Waals surface area contributed by atoms with E-state index >= 15 is 0 Å². The van der Waals surface area contributed by atoms with Gasteiger partial charge in [-0.25, -0.2) is 0 Å². The number of hydrogen-bond donors (Lipinski definition) is 2. The van der Waals surface area contributed by atoms with Gasteiger partial charge in [0.2, 0.25) is 0 Å². The summed E-state index contributed by atoms with van der Waals surface area (Å²) in [6.45, 7) is 4.85. The molecular weight excluding hydrogens is 262 g/mol. The molecule has 0 amide bonds. The summed E-state index contributed by atoms with van der Waals surface area (Å²) in [5, 5.41) is 13.7. The van der Waals surface area contributed by atoms with E-state index in [1.807, 2.05) is 18.2 Å². The van der Waals surface area contributed by atoms with Crippen LogP contribution in [0.1, 0.15) is 38.7 Å². The van der Waals surface area contributed by atoms with Crippen LogP contribution in [0.5, 0.6) is 5.75 Å². The van der Waals surface area contributed by atoms with Crippen LogP contribution < -0.4 is 10.1 Å². The predicted octanol–water partition coefficient (Wildman–Crippen LogP) is 3.13. The van der Waals surface area contributed by atoms with Crippen molar-refractivity contribution in [2.24, 2.45) is 0 Å². The van der Waals surface area contributed by atoms with Crippen LogP contribution in [0.25, 0.3) is 0 Å². The molecule has 2 rings (SSSR count).